The molecule has 2 aromatic heterocycles. The number of aromatic nitrogens is 4. The van der Waals surface area contributed by atoms with E-state index in [2.05, 4.69) is 17.9 Å². The summed E-state index contributed by atoms with van der Waals surface area (Å²) < 4.78 is 9.43. The number of imidazole rings is 1. The normalized spacial score (nSPS) is 15.3. The number of ether oxygens (including phenoxy) is 1. The van der Waals surface area contributed by atoms with Crippen LogP contribution in [0.5, 0.6) is 0 Å². The smallest absolute Gasteiger partial charge is 0.333 e. The van der Waals surface area contributed by atoms with Crippen LogP contribution in [0.3, 0.4) is 0 Å². The molecule has 1 aliphatic heterocycles. The fourth-order valence-corrected chi connectivity index (χ4v) is 4.57. The van der Waals surface area contributed by atoms with Crippen molar-refractivity contribution in [2.45, 2.75) is 33.5 Å². The van der Waals surface area contributed by atoms with E-state index in [1.807, 2.05) is 60.0 Å². The Morgan fingerprint density at radius 3 is 2.60 bits per heavy atom. The first-order chi connectivity index (χ1) is 16.8. The summed E-state index contributed by atoms with van der Waals surface area (Å²) in [7, 11) is 1.56. The third-order valence-electron chi connectivity index (χ3n) is 6.29. The molecule has 0 N–H and O–H groups in total. The molecule has 0 aliphatic carbocycles. The number of aryl methyl sites for hydroxylation is 2. The second-order valence-electron chi connectivity index (χ2n) is 9.13. The largest absolute Gasteiger partial charge is 0.459 e. The Morgan fingerprint density at radius 2 is 1.86 bits per heavy atom. The van der Waals surface area contributed by atoms with E-state index in [-0.39, 0.29) is 12.5 Å². The molecule has 3 heterocycles. The minimum Gasteiger partial charge on any atom is -0.459 e. The molecular weight excluding hydrogens is 446 g/mol. The summed E-state index contributed by atoms with van der Waals surface area (Å²) in [5.41, 5.74) is 2.38. The molecule has 5 rings (SSSR count). The lowest BCUT2D eigenvalue weighted by Crippen LogP contribution is -2.42. The Balaban J connectivity index is 1.55. The van der Waals surface area contributed by atoms with Gasteiger partial charge in [-0.2, -0.15) is 4.98 Å². The fraction of sp³-hybridized carbons (Fsp3) is 0.308. The van der Waals surface area contributed by atoms with E-state index >= 15 is 0 Å². The van der Waals surface area contributed by atoms with Crippen molar-refractivity contribution in [2.24, 2.45) is 13.0 Å². The summed E-state index contributed by atoms with van der Waals surface area (Å²) in [6.07, 6.45) is 0. The SMILES string of the molecule is Cc1cccc(N2C[C@@H](C)Cn3c2nc2c3c(=O)n(CC(=O)OCc3ccccc3)c(=O)n2C)c1. The van der Waals surface area contributed by atoms with Crippen molar-refractivity contribution in [3.05, 3.63) is 86.6 Å². The molecule has 0 amide bonds. The van der Waals surface area contributed by atoms with Gasteiger partial charge >= 0.3 is 11.7 Å². The van der Waals surface area contributed by atoms with Crippen LogP contribution in [0.1, 0.15) is 18.1 Å². The third-order valence-corrected chi connectivity index (χ3v) is 6.29. The molecule has 0 saturated heterocycles. The zero-order valence-corrected chi connectivity index (χ0v) is 20.0. The summed E-state index contributed by atoms with van der Waals surface area (Å²) in [4.78, 5) is 45.9. The van der Waals surface area contributed by atoms with Gasteiger partial charge in [0.15, 0.2) is 11.2 Å². The lowest BCUT2D eigenvalue weighted by atomic mass is 10.1. The summed E-state index contributed by atoms with van der Waals surface area (Å²) >= 11 is 0. The van der Waals surface area contributed by atoms with Gasteiger partial charge in [-0.1, -0.05) is 49.4 Å². The lowest BCUT2D eigenvalue weighted by molar-refractivity contribution is -0.145. The predicted octanol–water partition coefficient (Wildman–Crippen LogP) is 2.74. The minimum atomic E-state index is -0.652. The monoisotopic (exact) mass is 473 g/mol. The molecule has 9 nitrogen and oxygen atoms in total. The highest BCUT2D eigenvalue weighted by atomic mass is 16.5. The minimum absolute atomic E-state index is 0.0715. The number of hydrogen-bond acceptors (Lipinski definition) is 6. The topological polar surface area (TPSA) is 91.4 Å². The number of carbonyl (C=O) groups is 1. The Kier molecular flexibility index (Phi) is 5.76. The number of carbonyl (C=O) groups excluding carboxylic acids is 1. The second kappa shape index (κ2) is 8.90. The average molecular weight is 474 g/mol. The van der Waals surface area contributed by atoms with Gasteiger partial charge in [-0.05, 0) is 36.1 Å². The van der Waals surface area contributed by atoms with E-state index in [9.17, 15) is 14.4 Å². The lowest BCUT2D eigenvalue weighted by Gasteiger charge is -2.33. The number of nitrogens with zero attached hydrogens (tertiary/aromatic N) is 5. The van der Waals surface area contributed by atoms with Crippen molar-refractivity contribution in [2.75, 3.05) is 11.4 Å². The number of esters is 1. The summed E-state index contributed by atoms with van der Waals surface area (Å²) in [6, 6.07) is 17.3. The standard InChI is InChI=1S/C26H27N5O4/c1-17-8-7-11-20(12-17)29-13-18(2)14-30-22-23(27-25(29)30)28(3)26(34)31(24(22)33)15-21(32)35-16-19-9-5-4-6-10-19/h4-12,18H,13-16H2,1-3H3/t18-/m1/s1. The molecule has 0 fully saturated rings. The highest BCUT2D eigenvalue weighted by Crippen LogP contribution is 2.33. The molecule has 1 atom stereocenters. The number of anilines is 2. The Hall–Kier alpha value is -4.14. The van der Waals surface area contributed by atoms with E-state index in [0.717, 1.165) is 27.9 Å². The first kappa shape index (κ1) is 22.6. The van der Waals surface area contributed by atoms with Gasteiger partial charge in [-0.3, -0.25) is 14.2 Å². The van der Waals surface area contributed by atoms with Gasteiger partial charge in [0.1, 0.15) is 13.2 Å². The zero-order chi connectivity index (χ0) is 24.7. The molecule has 0 saturated carbocycles. The van der Waals surface area contributed by atoms with Crippen LogP contribution in [0.25, 0.3) is 11.2 Å². The molecule has 9 heteroatoms. The molecule has 180 valence electrons. The van der Waals surface area contributed by atoms with Crippen LogP contribution in [0.15, 0.2) is 64.2 Å². The van der Waals surface area contributed by atoms with E-state index in [1.165, 1.54) is 4.57 Å². The highest BCUT2D eigenvalue weighted by molar-refractivity contribution is 5.77. The molecule has 1 aliphatic rings. The second-order valence-corrected chi connectivity index (χ2v) is 9.13. The van der Waals surface area contributed by atoms with Gasteiger partial charge < -0.3 is 14.2 Å². The van der Waals surface area contributed by atoms with Crippen molar-refractivity contribution in [3.63, 3.8) is 0 Å². The van der Waals surface area contributed by atoms with Crippen LogP contribution >= 0.6 is 0 Å². The number of fused-ring (bicyclic) bond motifs is 3. The Morgan fingerprint density at radius 1 is 1.09 bits per heavy atom. The maximum Gasteiger partial charge on any atom is 0.333 e. The van der Waals surface area contributed by atoms with Crippen LogP contribution < -0.4 is 16.1 Å². The predicted molar refractivity (Wildman–Crippen MR) is 133 cm³/mol. The van der Waals surface area contributed by atoms with Gasteiger partial charge in [0.25, 0.3) is 5.56 Å². The van der Waals surface area contributed by atoms with Crippen molar-refractivity contribution in [1.29, 1.82) is 0 Å². The Bertz CT molecular complexity index is 1530. The summed E-state index contributed by atoms with van der Waals surface area (Å²) in [6.45, 7) is 5.06. The molecule has 0 unspecified atom stereocenters. The van der Waals surface area contributed by atoms with E-state index in [1.54, 1.807) is 7.05 Å². The first-order valence-corrected chi connectivity index (χ1v) is 11.6. The van der Waals surface area contributed by atoms with Crippen molar-refractivity contribution >= 4 is 28.8 Å². The highest BCUT2D eigenvalue weighted by Gasteiger charge is 2.30. The van der Waals surface area contributed by atoms with E-state index in [4.69, 9.17) is 9.72 Å². The van der Waals surface area contributed by atoms with E-state index in [0.29, 0.717) is 23.7 Å². The van der Waals surface area contributed by atoms with Crippen molar-refractivity contribution in [3.8, 4) is 0 Å². The maximum absolute atomic E-state index is 13.5. The quantitative estimate of drug-likeness (QED) is 0.414. The van der Waals surface area contributed by atoms with Gasteiger partial charge in [0.05, 0.1) is 0 Å². The molecular formula is C26H27N5O4. The zero-order valence-electron chi connectivity index (χ0n) is 20.0. The fourth-order valence-electron chi connectivity index (χ4n) is 4.57. The Labute approximate surface area is 201 Å². The molecule has 0 radical (unpaired) electrons. The van der Waals surface area contributed by atoms with Gasteiger partial charge in [0.2, 0.25) is 5.95 Å². The van der Waals surface area contributed by atoms with E-state index < -0.39 is 23.8 Å². The van der Waals surface area contributed by atoms with Crippen molar-refractivity contribution in [1.82, 2.24) is 18.7 Å². The molecule has 2 aromatic carbocycles. The molecule has 0 bridgehead atoms. The third kappa shape index (κ3) is 4.14. The number of rotatable bonds is 5. The van der Waals surface area contributed by atoms with Gasteiger partial charge in [-0.15, -0.1) is 0 Å². The van der Waals surface area contributed by atoms with Crippen LogP contribution in [0, 0.1) is 12.8 Å². The summed E-state index contributed by atoms with van der Waals surface area (Å²) in [5, 5.41) is 0. The van der Waals surface area contributed by atoms with Crippen LogP contribution in [0.4, 0.5) is 11.6 Å². The first-order valence-electron chi connectivity index (χ1n) is 11.6. The maximum atomic E-state index is 13.5. The number of benzene rings is 2. The van der Waals surface area contributed by atoms with Gasteiger partial charge in [-0.25, -0.2) is 9.36 Å². The molecule has 4 aromatic rings. The van der Waals surface area contributed by atoms with Crippen LogP contribution in [-0.2, 0) is 36.3 Å². The van der Waals surface area contributed by atoms with Crippen LogP contribution in [0.2, 0.25) is 0 Å². The average Bonchev–Trinajstić information content (AvgIpc) is 3.23. The molecule has 0 spiro atoms. The van der Waals surface area contributed by atoms with Crippen molar-refractivity contribution < 1.29 is 9.53 Å². The summed E-state index contributed by atoms with van der Waals surface area (Å²) in [5.74, 6) is 0.196. The van der Waals surface area contributed by atoms with Crippen LogP contribution in [-0.4, -0.2) is 31.2 Å². The van der Waals surface area contributed by atoms with Gasteiger partial charge in [0, 0.05) is 25.8 Å². The number of hydrogen-bond donors (Lipinski definition) is 0. The molecule has 35 heavy (non-hydrogen) atoms.